The monoisotopic (exact) mass is 868 g/mol. The zero-order chi connectivity index (χ0) is 45.5. The lowest BCUT2D eigenvalue weighted by Gasteiger charge is -2.61. The number of ketones is 2. The van der Waals surface area contributed by atoms with Gasteiger partial charge in [-0.05, 0) is 99.8 Å². The molecule has 0 unspecified atom stereocenters. The fourth-order valence-electron chi connectivity index (χ4n) is 11.6. The van der Waals surface area contributed by atoms with Gasteiger partial charge in [-0.2, -0.15) is 0 Å². The molecule has 2 saturated heterocycles. The molecule has 2 aliphatic heterocycles. The Morgan fingerprint density at radius 2 is 1.48 bits per heavy atom. The maximum Gasteiger partial charge on any atom is 0.303 e. The first-order valence-electron chi connectivity index (χ1n) is 21.0. The zero-order valence-electron chi connectivity index (χ0n) is 36.0. The lowest BCUT2D eigenvalue weighted by atomic mass is 9.41. The number of aliphatic hydroxyl groups is 9. The summed E-state index contributed by atoms with van der Waals surface area (Å²) >= 11 is 0. The second-order valence-electron chi connectivity index (χ2n) is 19.4. The van der Waals surface area contributed by atoms with Gasteiger partial charge in [-0.25, -0.2) is 0 Å². The Morgan fingerprint density at radius 1 is 0.885 bits per heavy atom. The minimum Gasteiger partial charge on any atom is -0.504 e. The molecule has 0 aromatic heterocycles. The number of hydrogen-bond acceptors (Lipinski definition) is 18. The number of rotatable bonds is 12. The molecule has 6 rings (SSSR count). The molecular formula is C43H64O18. The van der Waals surface area contributed by atoms with Gasteiger partial charge in [0.2, 0.25) is 6.29 Å². The minimum atomic E-state index is -2.04. The predicted molar refractivity (Wildman–Crippen MR) is 210 cm³/mol. The summed E-state index contributed by atoms with van der Waals surface area (Å²) in [6, 6.07) is 1.49. The van der Waals surface area contributed by atoms with Gasteiger partial charge < -0.3 is 74.7 Å². The zero-order valence-corrected chi connectivity index (χ0v) is 36.0. The van der Waals surface area contributed by atoms with Crippen molar-refractivity contribution < 1.29 is 89.1 Å². The highest BCUT2D eigenvalue weighted by Gasteiger charge is 2.73. The molecule has 2 saturated carbocycles. The maximum atomic E-state index is 14.9. The van der Waals surface area contributed by atoms with E-state index in [0.717, 1.165) is 0 Å². The van der Waals surface area contributed by atoms with Gasteiger partial charge in [0.25, 0.3) is 0 Å². The Morgan fingerprint density at radius 3 is 2.08 bits per heavy atom. The number of carbonyl (C=O) groups excluding carboxylic acids is 3. The van der Waals surface area contributed by atoms with Crippen molar-refractivity contribution in [3.05, 3.63) is 22.8 Å². The number of aliphatic hydroxyl groups excluding tert-OH is 8. The number of phenolic OH excluding ortho intramolecular Hbond substituents is 1. The van der Waals surface area contributed by atoms with Crippen LogP contribution in [0.3, 0.4) is 0 Å². The quantitative estimate of drug-likeness (QED) is 0.117. The third-order valence-electron chi connectivity index (χ3n) is 15.2. The molecule has 1 aromatic rings. The highest BCUT2D eigenvalue weighted by Crippen LogP contribution is 2.72. The van der Waals surface area contributed by atoms with E-state index in [1.165, 1.54) is 19.9 Å². The number of hydrogen-bond donors (Lipinski definition) is 10. The molecule has 344 valence electrons. The summed E-state index contributed by atoms with van der Waals surface area (Å²) in [5.74, 6) is -3.25. The number of Topliss-reactive ketones (excluding diaryl/α,β-unsaturated/α-hetero) is 2. The van der Waals surface area contributed by atoms with Crippen molar-refractivity contribution in [2.75, 3.05) is 13.2 Å². The number of aromatic hydroxyl groups is 1. The van der Waals surface area contributed by atoms with Crippen LogP contribution in [-0.2, 0) is 45.2 Å². The number of carbonyl (C=O) groups is 3. The van der Waals surface area contributed by atoms with Crippen LogP contribution >= 0.6 is 0 Å². The molecule has 18 heteroatoms. The first kappa shape index (κ1) is 47.6. The summed E-state index contributed by atoms with van der Waals surface area (Å²) in [5, 5.41) is 108. The van der Waals surface area contributed by atoms with Crippen LogP contribution in [0.15, 0.2) is 6.07 Å². The normalized spacial score (nSPS) is 42.2. The van der Waals surface area contributed by atoms with E-state index < -0.39 is 132 Å². The summed E-state index contributed by atoms with van der Waals surface area (Å²) in [4.78, 5) is 40.3. The van der Waals surface area contributed by atoms with Crippen molar-refractivity contribution in [1.29, 1.82) is 0 Å². The summed E-state index contributed by atoms with van der Waals surface area (Å²) in [5.41, 5.74) is -4.48. The smallest absolute Gasteiger partial charge is 0.303 e. The highest BCUT2D eigenvalue weighted by molar-refractivity contribution is 5.94. The average Bonchev–Trinajstić information content (AvgIpc) is 3.38. The molecular weight excluding hydrogens is 804 g/mol. The predicted octanol–water partition coefficient (Wildman–Crippen LogP) is -0.668. The molecule has 0 bridgehead atoms. The second-order valence-corrected chi connectivity index (χ2v) is 19.4. The van der Waals surface area contributed by atoms with Gasteiger partial charge in [0.05, 0.1) is 24.7 Å². The Bertz CT molecular complexity index is 1850. The Balaban J connectivity index is 1.26. The molecule has 5 aliphatic rings. The number of ether oxygens (including phenoxy) is 5. The van der Waals surface area contributed by atoms with E-state index in [9.17, 15) is 65.4 Å². The van der Waals surface area contributed by atoms with Crippen molar-refractivity contribution >= 4 is 17.5 Å². The van der Waals surface area contributed by atoms with E-state index >= 15 is 0 Å². The van der Waals surface area contributed by atoms with Crippen molar-refractivity contribution in [3.63, 3.8) is 0 Å². The first-order valence-corrected chi connectivity index (χ1v) is 21.0. The SMILES string of the molecule is CC(=O)OC(C)(C)CCC(=O)[C@](C)(O)[C@H]1[C@H](O)C[C@@]2(C)[C@@H]3CCc4c(cc(O[C@H]5O[C@H](CO[C@@H]6O[C@H](CO)[C@@H](O)[C@H](O)[C@H]6O)[C@@H](O)[C@H](O)[C@H]5O)c(O)c4C)[C@]3(C)C(=O)C[C@]12C. The summed E-state index contributed by atoms with van der Waals surface area (Å²) in [6.07, 6.45) is -16.9. The summed E-state index contributed by atoms with van der Waals surface area (Å²) in [6.45, 7) is 12.0. The van der Waals surface area contributed by atoms with Crippen LogP contribution < -0.4 is 4.74 Å². The Labute approximate surface area is 354 Å². The lowest BCUT2D eigenvalue weighted by molar-refractivity contribution is -0.323. The molecule has 1 aromatic carbocycles. The Kier molecular flexibility index (Phi) is 13.0. The van der Waals surface area contributed by atoms with E-state index in [-0.39, 0.29) is 43.0 Å². The van der Waals surface area contributed by atoms with Gasteiger partial charge in [0.1, 0.15) is 65.8 Å². The lowest BCUT2D eigenvalue weighted by Crippen LogP contribution is -2.63. The van der Waals surface area contributed by atoms with Crippen molar-refractivity contribution in [1.82, 2.24) is 0 Å². The molecule has 2 heterocycles. The molecule has 3 aliphatic carbocycles. The van der Waals surface area contributed by atoms with E-state index in [4.69, 9.17) is 23.7 Å². The van der Waals surface area contributed by atoms with Gasteiger partial charge in [-0.1, -0.05) is 13.8 Å². The number of phenols is 1. The molecule has 4 fully saturated rings. The van der Waals surface area contributed by atoms with E-state index in [1.807, 2.05) is 20.8 Å². The number of esters is 1. The molecule has 10 N–H and O–H groups in total. The van der Waals surface area contributed by atoms with Crippen molar-refractivity contribution in [3.8, 4) is 11.5 Å². The van der Waals surface area contributed by atoms with Gasteiger partial charge >= 0.3 is 5.97 Å². The van der Waals surface area contributed by atoms with Gasteiger partial charge in [-0.3, -0.25) is 14.4 Å². The molecule has 18 nitrogen and oxygen atoms in total. The molecule has 0 amide bonds. The van der Waals surface area contributed by atoms with Crippen molar-refractivity contribution in [2.24, 2.45) is 22.7 Å². The number of benzene rings is 1. The van der Waals surface area contributed by atoms with E-state index in [0.29, 0.717) is 29.5 Å². The van der Waals surface area contributed by atoms with Crippen LogP contribution in [-0.4, -0.2) is 161 Å². The topological polar surface area (TPSA) is 300 Å². The molecule has 17 atom stereocenters. The highest BCUT2D eigenvalue weighted by atomic mass is 16.7. The third-order valence-corrected chi connectivity index (χ3v) is 15.2. The molecule has 0 spiro atoms. The average molecular weight is 869 g/mol. The summed E-state index contributed by atoms with van der Waals surface area (Å²) < 4.78 is 28.1. The second kappa shape index (κ2) is 16.6. The molecule has 61 heavy (non-hydrogen) atoms. The minimum absolute atomic E-state index is 0.110. The Hall–Kier alpha value is -2.85. The first-order chi connectivity index (χ1) is 28.2. The van der Waals surface area contributed by atoms with Crippen LogP contribution in [0.1, 0.15) is 97.3 Å². The van der Waals surface area contributed by atoms with Gasteiger partial charge in [-0.15, -0.1) is 0 Å². The van der Waals surface area contributed by atoms with Crippen LogP contribution in [0.4, 0.5) is 0 Å². The van der Waals surface area contributed by atoms with Crippen LogP contribution in [0.25, 0.3) is 0 Å². The summed E-state index contributed by atoms with van der Waals surface area (Å²) in [7, 11) is 0. The number of fused-ring (bicyclic) bond motifs is 5. The van der Waals surface area contributed by atoms with E-state index in [2.05, 4.69) is 0 Å². The van der Waals surface area contributed by atoms with E-state index in [1.54, 1.807) is 20.8 Å². The standard InChI is InChI=1S/C43H64O18/c1-18-20-9-10-26-40(5)14-22(46)36(43(8,56)27(47)11-12-39(3,4)61-19(2)45)41(40,6)15-28(48)42(26,7)21(20)13-23(29(18)49)58-38-35(55)33(53)31(51)25(60-38)17-57-37-34(54)32(52)30(50)24(16-44)59-37/h13,22,24-26,30-38,44,46,49-56H,9-12,14-17H2,1-8H3/t22-,24-,25-,26+,30-,31-,32+,33+,34-,35-,36+,37-,38+,40+,41-,42+,43+/m1/s1. The van der Waals surface area contributed by atoms with Gasteiger partial charge in [0, 0.05) is 25.7 Å². The third kappa shape index (κ3) is 7.81. The fraction of sp³-hybridized carbons (Fsp3) is 0.791. The molecule has 0 radical (unpaired) electrons. The van der Waals surface area contributed by atoms with Crippen LogP contribution in [0.5, 0.6) is 11.5 Å². The van der Waals surface area contributed by atoms with Crippen molar-refractivity contribution in [2.45, 2.75) is 178 Å². The van der Waals surface area contributed by atoms with Crippen LogP contribution in [0, 0.1) is 29.6 Å². The van der Waals surface area contributed by atoms with Gasteiger partial charge in [0.15, 0.2) is 23.6 Å². The largest absolute Gasteiger partial charge is 0.504 e. The maximum absolute atomic E-state index is 14.9. The fourth-order valence-corrected chi connectivity index (χ4v) is 11.6. The van der Waals surface area contributed by atoms with Crippen LogP contribution in [0.2, 0.25) is 0 Å².